The molecule has 2 aromatic carbocycles. The topological polar surface area (TPSA) is 9.23 Å². The summed E-state index contributed by atoms with van der Waals surface area (Å²) in [6, 6.07) is 25.8. The summed E-state index contributed by atoms with van der Waals surface area (Å²) in [6.07, 6.45) is 0. The van der Waals surface area contributed by atoms with Gasteiger partial charge in [0, 0.05) is 4.88 Å². The Hall–Kier alpha value is -1.68. The molecule has 0 radical (unpaired) electrons. The van der Waals surface area contributed by atoms with Crippen LogP contribution in [0.5, 0.6) is 0 Å². The highest BCUT2D eigenvalue weighted by molar-refractivity contribution is 7.10. The van der Waals surface area contributed by atoms with E-state index >= 15 is 0 Å². The zero-order valence-corrected chi connectivity index (χ0v) is 16.3. The third-order valence-electron chi connectivity index (χ3n) is 4.43. The van der Waals surface area contributed by atoms with Gasteiger partial charge >= 0.3 is 0 Å². The first-order valence-electron chi connectivity index (χ1n) is 8.31. The molecule has 1 aromatic heterocycles. The molecule has 0 aliphatic rings. The maximum absolute atomic E-state index is 6.86. The lowest BCUT2D eigenvalue weighted by Crippen LogP contribution is -2.66. The molecule has 0 bridgehead atoms. The highest BCUT2D eigenvalue weighted by Crippen LogP contribution is 2.37. The molecule has 0 aliphatic carbocycles. The van der Waals surface area contributed by atoms with Crippen LogP contribution in [0.15, 0.2) is 78.2 Å². The molecule has 1 nitrogen and oxygen atoms in total. The number of hydrogen-bond donors (Lipinski definition) is 0. The molecule has 124 valence electrons. The fourth-order valence-corrected chi connectivity index (χ4v) is 8.58. The van der Waals surface area contributed by atoms with Crippen LogP contribution in [0.25, 0.3) is 0 Å². The lowest BCUT2D eigenvalue weighted by atomic mass is 10.2. The molecule has 0 spiro atoms. The minimum Gasteiger partial charge on any atom is -0.402 e. The van der Waals surface area contributed by atoms with E-state index in [9.17, 15) is 0 Å². The number of benzene rings is 2. The van der Waals surface area contributed by atoms with E-state index in [2.05, 4.69) is 98.9 Å². The Morgan fingerprint density at radius 1 is 0.792 bits per heavy atom. The van der Waals surface area contributed by atoms with Gasteiger partial charge in [-0.15, -0.1) is 11.3 Å². The van der Waals surface area contributed by atoms with Crippen LogP contribution >= 0.6 is 11.3 Å². The summed E-state index contributed by atoms with van der Waals surface area (Å²) in [5.74, 6) is 0. The molecular weight excluding hydrogens is 328 g/mol. The van der Waals surface area contributed by atoms with Crippen LogP contribution in [0.3, 0.4) is 0 Å². The van der Waals surface area contributed by atoms with Crippen LogP contribution in [-0.4, -0.2) is 8.32 Å². The third-order valence-corrected chi connectivity index (χ3v) is 10.3. The van der Waals surface area contributed by atoms with Crippen LogP contribution in [0.2, 0.25) is 5.04 Å². The Morgan fingerprint density at radius 2 is 1.33 bits per heavy atom. The molecule has 0 saturated carbocycles. The summed E-state index contributed by atoms with van der Waals surface area (Å²) in [4.78, 5) is 1.28. The first-order valence-corrected chi connectivity index (χ1v) is 11.1. The van der Waals surface area contributed by atoms with Crippen LogP contribution in [-0.2, 0) is 11.0 Å². The Labute approximate surface area is 150 Å². The number of rotatable bonds is 5. The molecule has 0 fully saturated rings. The van der Waals surface area contributed by atoms with E-state index < -0.39 is 8.32 Å². The first-order chi connectivity index (χ1) is 11.5. The summed E-state index contributed by atoms with van der Waals surface area (Å²) in [5, 5.41) is 4.82. The van der Waals surface area contributed by atoms with Crippen molar-refractivity contribution in [2.45, 2.75) is 32.4 Å². The predicted molar refractivity (Wildman–Crippen MR) is 107 cm³/mol. The monoisotopic (exact) mass is 352 g/mol. The van der Waals surface area contributed by atoms with Crippen molar-refractivity contribution in [1.29, 1.82) is 0 Å². The lowest BCUT2D eigenvalue weighted by Gasteiger charge is -2.43. The van der Waals surface area contributed by atoms with Gasteiger partial charge in [-0.3, -0.25) is 0 Å². The second kappa shape index (κ2) is 7.05. The van der Waals surface area contributed by atoms with Gasteiger partial charge in [0.25, 0.3) is 8.32 Å². The standard InChI is InChI=1S/C21H24OSSi/c1-21(2,3)24(19-12-6-4-7-13-19,20-14-8-5-9-15-20)22-17-18-11-10-16-23-18/h4-16H,17H2,1-3H3. The Bertz CT molecular complexity index is 706. The predicted octanol–water partition coefficient (Wildman–Crippen LogP) is 4.82. The van der Waals surface area contributed by atoms with Gasteiger partial charge in [0.05, 0.1) is 6.61 Å². The quantitative estimate of drug-likeness (QED) is 0.598. The summed E-state index contributed by atoms with van der Waals surface area (Å²) < 4.78 is 6.86. The zero-order chi connectivity index (χ0) is 17.0. The third kappa shape index (κ3) is 3.25. The summed E-state index contributed by atoms with van der Waals surface area (Å²) in [5.41, 5.74) is 0. The largest absolute Gasteiger partial charge is 0.402 e. The summed E-state index contributed by atoms with van der Waals surface area (Å²) in [7, 11) is -2.40. The van der Waals surface area contributed by atoms with Gasteiger partial charge in [0.1, 0.15) is 0 Å². The van der Waals surface area contributed by atoms with Crippen molar-refractivity contribution in [3.63, 3.8) is 0 Å². The van der Waals surface area contributed by atoms with Gasteiger partial charge < -0.3 is 4.43 Å². The van der Waals surface area contributed by atoms with E-state index in [1.807, 2.05) is 0 Å². The lowest BCUT2D eigenvalue weighted by molar-refractivity contribution is 0.289. The maximum Gasteiger partial charge on any atom is 0.261 e. The molecule has 1 heterocycles. The number of thiophene rings is 1. The summed E-state index contributed by atoms with van der Waals surface area (Å²) in [6.45, 7) is 7.61. The fraction of sp³-hybridized carbons (Fsp3) is 0.238. The Balaban J connectivity index is 2.13. The van der Waals surface area contributed by atoms with Crippen molar-refractivity contribution in [1.82, 2.24) is 0 Å². The van der Waals surface area contributed by atoms with Crippen LogP contribution in [0.1, 0.15) is 25.6 Å². The smallest absolute Gasteiger partial charge is 0.261 e. The second-order valence-corrected chi connectivity index (χ2v) is 12.4. The molecular formula is C21H24OSSi. The Morgan fingerprint density at radius 3 is 1.75 bits per heavy atom. The first kappa shape index (κ1) is 17.2. The molecule has 0 amide bonds. The minimum atomic E-state index is -2.40. The molecule has 24 heavy (non-hydrogen) atoms. The van der Waals surface area contributed by atoms with Gasteiger partial charge in [-0.1, -0.05) is 87.5 Å². The average molecular weight is 353 g/mol. The van der Waals surface area contributed by atoms with Crippen molar-refractivity contribution in [3.05, 3.63) is 83.1 Å². The summed E-state index contributed by atoms with van der Waals surface area (Å²) >= 11 is 1.76. The molecule has 0 atom stereocenters. The molecule has 0 aliphatic heterocycles. The minimum absolute atomic E-state index is 0.0347. The molecule has 3 heteroatoms. The van der Waals surface area contributed by atoms with E-state index in [1.54, 1.807) is 11.3 Å². The van der Waals surface area contributed by atoms with E-state index in [1.165, 1.54) is 15.3 Å². The highest BCUT2D eigenvalue weighted by Gasteiger charge is 2.50. The normalized spacial score (nSPS) is 12.3. The van der Waals surface area contributed by atoms with Crippen molar-refractivity contribution >= 4 is 30.0 Å². The fourth-order valence-electron chi connectivity index (χ4n) is 3.34. The van der Waals surface area contributed by atoms with Gasteiger partial charge in [0.2, 0.25) is 0 Å². The van der Waals surface area contributed by atoms with Crippen molar-refractivity contribution in [3.8, 4) is 0 Å². The molecule has 0 N–H and O–H groups in total. The zero-order valence-electron chi connectivity index (χ0n) is 14.5. The van der Waals surface area contributed by atoms with Crippen molar-refractivity contribution in [2.75, 3.05) is 0 Å². The van der Waals surface area contributed by atoms with Gasteiger partial charge in [-0.05, 0) is 26.9 Å². The van der Waals surface area contributed by atoms with E-state index in [-0.39, 0.29) is 5.04 Å². The SMILES string of the molecule is CC(C)(C)[Si](OCc1cccs1)(c1ccccc1)c1ccccc1. The second-order valence-electron chi connectivity index (χ2n) is 7.03. The average Bonchev–Trinajstić information content (AvgIpc) is 3.10. The highest BCUT2D eigenvalue weighted by atomic mass is 32.1. The van der Waals surface area contributed by atoms with Gasteiger partial charge in [-0.25, -0.2) is 0 Å². The number of hydrogen-bond acceptors (Lipinski definition) is 2. The van der Waals surface area contributed by atoms with E-state index in [0.717, 1.165) is 0 Å². The van der Waals surface area contributed by atoms with Crippen molar-refractivity contribution < 1.29 is 4.43 Å². The molecule has 3 rings (SSSR count). The van der Waals surface area contributed by atoms with E-state index in [4.69, 9.17) is 4.43 Å². The molecule has 0 saturated heterocycles. The van der Waals surface area contributed by atoms with Crippen LogP contribution in [0, 0.1) is 0 Å². The van der Waals surface area contributed by atoms with Crippen molar-refractivity contribution in [2.24, 2.45) is 0 Å². The van der Waals surface area contributed by atoms with Crippen LogP contribution in [0.4, 0.5) is 0 Å². The maximum atomic E-state index is 6.86. The van der Waals surface area contributed by atoms with Gasteiger partial charge in [0.15, 0.2) is 0 Å². The molecule has 3 aromatic rings. The van der Waals surface area contributed by atoms with Crippen LogP contribution < -0.4 is 10.4 Å². The molecule has 0 unspecified atom stereocenters. The Kier molecular flexibility index (Phi) is 5.04. The van der Waals surface area contributed by atoms with E-state index in [0.29, 0.717) is 6.61 Å². The van der Waals surface area contributed by atoms with Gasteiger partial charge in [-0.2, -0.15) is 0 Å².